The number of aromatic nitrogens is 4. The minimum absolute atomic E-state index is 0.00638. The molecule has 1 aromatic carbocycles. The highest BCUT2D eigenvalue weighted by Crippen LogP contribution is 2.29. The van der Waals surface area contributed by atoms with Gasteiger partial charge in [0.15, 0.2) is 11.4 Å². The SMILES string of the molecule is O=C(Nc1ccc(NC(=O)C2CCN(c3ccc4nnc(C(F)(F)F)n4n3)CC2)cc1)c1ccco1. The third-order valence-corrected chi connectivity index (χ3v) is 5.85. The Morgan fingerprint density at radius 3 is 2.28 bits per heavy atom. The number of fused-ring (bicyclic) bond motifs is 1. The van der Waals surface area contributed by atoms with E-state index >= 15 is 0 Å². The molecule has 1 aliphatic rings. The first kappa shape index (κ1) is 23.3. The zero-order valence-corrected chi connectivity index (χ0v) is 18.7. The number of anilines is 3. The lowest BCUT2D eigenvalue weighted by Crippen LogP contribution is -2.38. The number of rotatable bonds is 5. The van der Waals surface area contributed by atoms with Crippen molar-refractivity contribution < 1.29 is 27.2 Å². The number of nitrogens with zero attached hydrogens (tertiary/aromatic N) is 5. The number of hydrogen-bond donors (Lipinski definition) is 2. The number of benzene rings is 1. The lowest BCUT2D eigenvalue weighted by Gasteiger charge is -2.32. The van der Waals surface area contributed by atoms with E-state index in [0.717, 1.165) is 0 Å². The summed E-state index contributed by atoms with van der Waals surface area (Å²) >= 11 is 0. The predicted molar refractivity (Wildman–Crippen MR) is 122 cm³/mol. The van der Waals surface area contributed by atoms with Crippen molar-refractivity contribution in [3.63, 3.8) is 0 Å². The van der Waals surface area contributed by atoms with E-state index < -0.39 is 12.0 Å². The van der Waals surface area contributed by atoms with Crippen molar-refractivity contribution in [2.75, 3.05) is 28.6 Å². The van der Waals surface area contributed by atoms with Crippen LogP contribution < -0.4 is 15.5 Å². The first-order valence-corrected chi connectivity index (χ1v) is 11.1. The first-order valence-electron chi connectivity index (χ1n) is 11.1. The van der Waals surface area contributed by atoms with Crippen LogP contribution in [-0.2, 0) is 11.0 Å². The lowest BCUT2D eigenvalue weighted by molar-refractivity contribution is -0.146. The highest BCUT2D eigenvalue weighted by molar-refractivity contribution is 6.02. The van der Waals surface area contributed by atoms with Crippen LogP contribution in [-0.4, -0.2) is 44.7 Å². The van der Waals surface area contributed by atoms with Gasteiger partial charge in [0, 0.05) is 30.4 Å². The van der Waals surface area contributed by atoms with Crippen LogP contribution in [0.25, 0.3) is 5.65 Å². The van der Waals surface area contributed by atoms with E-state index in [0.29, 0.717) is 47.6 Å². The number of amides is 2. The minimum Gasteiger partial charge on any atom is -0.459 e. The number of carbonyl (C=O) groups excluding carboxylic acids is 2. The van der Waals surface area contributed by atoms with E-state index in [1.165, 1.54) is 12.3 Å². The third-order valence-electron chi connectivity index (χ3n) is 5.85. The average molecular weight is 499 g/mol. The maximum atomic E-state index is 13.1. The van der Waals surface area contributed by atoms with Crippen LogP contribution in [0.2, 0.25) is 0 Å². The number of piperidine rings is 1. The fourth-order valence-corrected chi connectivity index (χ4v) is 3.98. The van der Waals surface area contributed by atoms with Gasteiger partial charge in [-0.1, -0.05) is 0 Å². The Balaban J connectivity index is 1.16. The number of halogens is 3. The predicted octanol–water partition coefficient (Wildman–Crippen LogP) is 3.84. The number of alkyl halides is 3. The zero-order chi connectivity index (χ0) is 25.3. The van der Waals surface area contributed by atoms with Gasteiger partial charge < -0.3 is 20.0 Å². The number of nitrogens with one attached hydrogen (secondary N) is 2. The van der Waals surface area contributed by atoms with Gasteiger partial charge in [0.1, 0.15) is 5.82 Å². The summed E-state index contributed by atoms with van der Waals surface area (Å²) < 4.78 is 45.2. The summed E-state index contributed by atoms with van der Waals surface area (Å²) in [5.74, 6) is -1.42. The Hall–Kier alpha value is -4.42. The Morgan fingerprint density at radius 2 is 1.64 bits per heavy atom. The maximum absolute atomic E-state index is 13.1. The molecule has 1 fully saturated rings. The van der Waals surface area contributed by atoms with Crippen LogP contribution in [0.3, 0.4) is 0 Å². The summed E-state index contributed by atoms with van der Waals surface area (Å²) in [5.41, 5.74) is 1.14. The molecule has 10 nitrogen and oxygen atoms in total. The van der Waals surface area contributed by atoms with Crippen LogP contribution in [0.1, 0.15) is 29.2 Å². The molecule has 186 valence electrons. The van der Waals surface area contributed by atoms with Crippen molar-refractivity contribution >= 4 is 34.7 Å². The zero-order valence-electron chi connectivity index (χ0n) is 18.7. The van der Waals surface area contributed by atoms with E-state index in [1.807, 2.05) is 4.90 Å². The Morgan fingerprint density at radius 1 is 0.944 bits per heavy atom. The van der Waals surface area contributed by atoms with E-state index in [1.54, 1.807) is 42.5 Å². The second-order valence-electron chi connectivity index (χ2n) is 8.24. The highest BCUT2D eigenvalue weighted by atomic mass is 19.4. The molecule has 0 atom stereocenters. The van der Waals surface area contributed by atoms with Crippen LogP contribution in [0.15, 0.2) is 59.2 Å². The molecular weight excluding hydrogens is 479 g/mol. The Bertz CT molecular complexity index is 1380. The number of hydrogen-bond acceptors (Lipinski definition) is 7. The van der Waals surface area contributed by atoms with Crippen LogP contribution in [0.4, 0.5) is 30.4 Å². The normalized spacial score (nSPS) is 14.7. The minimum atomic E-state index is -4.67. The van der Waals surface area contributed by atoms with Crippen molar-refractivity contribution in [1.82, 2.24) is 19.8 Å². The maximum Gasteiger partial charge on any atom is 0.453 e. The Labute approximate surface area is 202 Å². The van der Waals surface area contributed by atoms with Gasteiger partial charge in [-0.15, -0.1) is 15.3 Å². The van der Waals surface area contributed by atoms with Crippen molar-refractivity contribution in [3.05, 3.63) is 66.4 Å². The van der Waals surface area contributed by atoms with Gasteiger partial charge in [-0.3, -0.25) is 9.59 Å². The van der Waals surface area contributed by atoms with Crippen LogP contribution in [0, 0.1) is 5.92 Å². The van der Waals surface area contributed by atoms with Gasteiger partial charge in [0.2, 0.25) is 5.91 Å². The molecule has 36 heavy (non-hydrogen) atoms. The van der Waals surface area contributed by atoms with Crippen LogP contribution >= 0.6 is 0 Å². The summed E-state index contributed by atoms with van der Waals surface area (Å²) in [6.07, 6.45) is -2.23. The molecule has 1 aliphatic heterocycles. The summed E-state index contributed by atoms with van der Waals surface area (Å²) in [7, 11) is 0. The molecule has 0 saturated carbocycles. The summed E-state index contributed by atoms with van der Waals surface area (Å²) in [5, 5.41) is 16.3. The van der Waals surface area contributed by atoms with E-state index in [-0.39, 0.29) is 29.1 Å². The van der Waals surface area contributed by atoms with Crippen molar-refractivity contribution in [2.24, 2.45) is 5.92 Å². The van der Waals surface area contributed by atoms with Crippen LogP contribution in [0.5, 0.6) is 0 Å². The van der Waals surface area contributed by atoms with Crippen molar-refractivity contribution in [3.8, 4) is 0 Å². The second-order valence-corrected chi connectivity index (χ2v) is 8.24. The molecule has 13 heteroatoms. The van der Waals surface area contributed by atoms with Gasteiger partial charge in [0.05, 0.1) is 6.26 Å². The Kier molecular flexibility index (Phi) is 6.04. The highest BCUT2D eigenvalue weighted by Gasteiger charge is 2.38. The molecule has 0 spiro atoms. The van der Waals surface area contributed by atoms with Gasteiger partial charge in [0.25, 0.3) is 11.7 Å². The largest absolute Gasteiger partial charge is 0.459 e. The molecule has 3 aromatic heterocycles. The molecule has 2 N–H and O–H groups in total. The van der Waals surface area contributed by atoms with Gasteiger partial charge in [-0.05, 0) is 61.4 Å². The third kappa shape index (κ3) is 4.85. The summed E-state index contributed by atoms with van der Waals surface area (Å²) in [6.45, 7) is 0.912. The molecule has 4 aromatic rings. The number of carbonyl (C=O) groups is 2. The van der Waals surface area contributed by atoms with Gasteiger partial charge in [-0.25, -0.2) is 0 Å². The van der Waals surface area contributed by atoms with E-state index in [2.05, 4.69) is 25.9 Å². The summed E-state index contributed by atoms with van der Waals surface area (Å²) in [4.78, 5) is 26.6. The summed E-state index contributed by atoms with van der Waals surface area (Å²) in [6, 6.07) is 12.9. The molecular formula is C23H20F3N7O3. The molecule has 0 aliphatic carbocycles. The standard InChI is InChI=1S/C23H20F3N7O3/c24-23(25,26)22-30-29-18-7-8-19(31-33(18)22)32-11-9-14(10-12-32)20(34)27-15-3-5-16(6-4-15)28-21(35)17-2-1-13-36-17/h1-8,13-14H,9-12H2,(H,27,34)(H,28,35). The molecule has 5 rings (SSSR count). The molecule has 0 radical (unpaired) electrons. The quantitative estimate of drug-likeness (QED) is 0.428. The van der Waals surface area contributed by atoms with Crippen molar-refractivity contribution in [2.45, 2.75) is 19.0 Å². The van der Waals surface area contributed by atoms with Gasteiger partial charge in [-0.2, -0.15) is 17.7 Å². The number of furan rings is 1. The fraction of sp³-hybridized carbons (Fsp3) is 0.261. The monoisotopic (exact) mass is 499 g/mol. The van der Waals surface area contributed by atoms with E-state index in [9.17, 15) is 22.8 Å². The molecule has 1 saturated heterocycles. The average Bonchev–Trinajstić information content (AvgIpc) is 3.55. The molecule has 0 unspecified atom stereocenters. The molecule has 4 heterocycles. The molecule has 2 amide bonds. The van der Waals surface area contributed by atoms with E-state index in [4.69, 9.17) is 4.42 Å². The molecule has 0 bridgehead atoms. The van der Waals surface area contributed by atoms with Gasteiger partial charge >= 0.3 is 6.18 Å². The smallest absolute Gasteiger partial charge is 0.453 e. The topological polar surface area (TPSA) is 118 Å². The lowest BCUT2D eigenvalue weighted by atomic mass is 9.96. The fourth-order valence-electron chi connectivity index (χ4n) is 3.98. The first-order chi connectivity index (χ1) is 17.3. The second kappa shape index (κ2) is 9.32. The van der Waals surface area contributed by atoms with Crippen molar-refractivity contribution in [1.29, 1.82) is 0 Å².